The minimum absolute atomic E-state index is 0.180. The van der Waals surface area contributed by atoms with Crippen molar-refractivity contribution in [1.82, 2.24) is 19.5 Å². The molecule has 0 bridgehead atoms. The van der Waals surface area contributed by atoms with Crippen molar-refractivity contribution in [3.8, 4) is 6.01 Å². The van der Waals surface area contributed by atoms with Gasteiger partial charge in [0.05, 0.1) is 30.2 Å². The van der Waals surface area contributed by atoms with Gasteiger partial charge in [0.1, 0.15) is 29.3 Å². The van der Waals surface area contributed by atoms with Gasteiger partial charge in [0.25, 0.3) is 6.01 Å². The van der Waals surface area contributed by atoms with E-state index in [1.807, 2.05) is 54.3 Å². The molecule has 2 saturated heterocycles. The number of halogens is 1. The Balaban J connectivity index is 1.26. The molecule has 5 heterocycles. The fourth-order valence-electron chi connectivity index (χ4n) is 6.02. The lowest BCUT2D eigenvalue weighted by atomic mass is 9.97. The lowest BCUT2D eigenvalue weighted by Crippen LogP contribution is -2.32. The number of nitrogens with zero attached hydrogens (tertiary/aromatic N) is 5. The van der Waals surface area contributed by atoms with Gasteiger partial charge in [-0.3, -0.25) is 4.57 Å². The Morgan fingerprint density at radius 2 is 2.03 bits per heavy atom. The van der Waals surface area contributed by atoms with Crippen LogP contribution in [0, 0.1) is 12.8 Å². The van der Waals surface area contributed by atoms with E-state index < -0.39 is 6.04 Å². The zero-order valence-electron chi connectivity index (χ0n) is 21.7. The quantitative estimate of drug-likeness (QED) is 0.267. The highest BCUT2D eigenvalue weighted by molar-refractivity contribution is 6.31. The molecule has 5 aromatic rings. The molecule has 3 aromatic heterocycles. The number of benzene rings is 2. The number of carbonyl (C=O) groups excluding carboxylic acids is 1. The third-order valence-corrected chi connectivity index (χ3v) is 8.10. The molecule has 0 N–H and O–H groups in total. The maximum Gasteiger partial charge on any atom is 0.297 e. The Kier molecular flexibility index (Phi) is 5.93. The van der Waals surface area contributed by atoms with Gasteiger partial charge in [0.2, 0.25) is 0 Å². The third kappa shape index (κ3) is 4.11. The molecular weight excluding hydrogens is 518 g/mol. The molecular formula is C29H28ClN5O4. The lowest BCUT2D eigenvalue weighted by molar-refractivity contribution is -0.108. The van der Waals surface area contributed by atoms with Crippen LogP contribution in [0.3, 0.4) is 0 Å². The highest BCUT2D eigenvalue weighted by atomic mass is 35.5. The zero-order chi connectivity index (χ0) is 26.7. The molecule has 2 aromatic carbocycles. The smallest absolute Gasteiger partial charge is 0.297 e. The number of aldehydes is 1. The molecule has 0 aliphatic carbocycles. The number of rotatable bonds is 5. The van der Waals surface area contributed by atoms with E-state index in [2.05, 4.69) is 16.5 Å². The van der Waals surface area contributed by atoms with Gasteiger partial charge in [-0.2, -0.15) is 4.98 Å². The number of aromatic nitrogens is 4. The molecule has 39 heavy (non-hydrogen) atoms. The van der Waals surface area contributed by atoms with E-state index in [1.54, 1.807) is 0 Å². The highest BCUT2D eigenvalue weighted by Gasteiger charge is 2.38. The Bertz CT molecular complexity index is 1710. The van der Waals surface area contributed by atoms with E-state index in [0.29, 0.717) is 60.4 Å². The van der Waals surface area contributed by atoms with Crippen LogP contribution in [0.1, 0.15) is 31.6 Å². The van der Waals surface area contributed by atoms with Crippen molar-refractivity contribution in [3.63, 3.8) is 0 Å². The first kappa shape index (κ1) is 24.4. The number of carbonyl (C=O) groups is 1. The molecule has 1 unspecified atom stereocenters. The summed E-state index contributed by atoms with van der Waals surface area (Å²) in [6.07, 6.45) is 2.04. The topological polar surface area (TPSA) is 95.5 Å². The number of furan rings is 1. The molecule has 2 fully saturated rings. The van der Waals surface area contributed by atoms with Gasteiger partial charge in [0, 0.05) is 35.4 Å². The Morgan fingerprint density at radius 1 is 1.15 bits per heavy atom. The van der Waals surface area contributed by atoms with Crippen LogP contribution >= 0.6 is 11.6 Å². The second-order valence-corrected chi connectivity index (χ2v) is 10.9. The molecule has 10 heteroatoms. The number of hydrogen-bond acceptors (Lipinski definition) is 8. The zero-order valence-corrected chi connectivity index (χ0v) is 22.5. The maximum absolute atomic E-state index is 12.3. The monoisotopic (exact) mass is 545 g/mol. The Labute approximate surface area is 229 Å². The first-order valence-electron chi connectivity index (χ1n) is 13.3. The van der Waals surface area contributed by atoms with Crippen molar-refractivity contribution in [2.24, 2.45) is 5.92 Å². The van der Waals surface area contributed by atoms with Crippen molar-refractivity contribution in [2.75, 3.05) is 24.7 Å². The second-order valence-electron chi connectivity index (χ2n) is 10.5. The van der Waals surface area contributed by atoms with E-state index in [-0.39, 0.29) is 12.1 Å². The molecule has 0 spiro atoms. The van der Waals surface area contributed by atoms with Crippen LogP contribution in [0.15, 0.2) is 46.9 Å². The van der Waals surface area contributed by atoms with E-state index >= 15 is 0 Å². The molecule has 2 aliphatic rings. The number of aryl methyl sites for hydroxylation is 1. The van der Waals surface area contributed by atoms with Crippen molar-refractivity contribution in [1.29, 1.82) is 0 Å². The average Bonchev–Trinajstić information content (AvgIpc) is 3.61. The van der Waals surface area contributed by atoms with Crippen LogP contribution in [0.25, 0.3) is 33.1 Å². The average molecular weight is 546 g/mol. The minimum Gasteiger partial charge on any atom is -0.459 e. The molecule has 2 aliphatic heterocycles. The molecule has 7 rings (SSSR count). The van der Waals surface area contributed by atoms with Crippen LogP contribution in [-0.2, 0) is 9.53 Å². The van der Waals surface area contributed by atoms with Crippen molar-refractivity contribution < 1.29 is 18.7 Å². The van der Waals surface area contributed by atoms with Gasteiger partial charge in [-0.1, -0.05) is 30.7 Å². The largest absolute Gasteiger partial charge is 0.459 e. The van der Waals surface area contributed by atoms with Gasteiger partial charge >= 0.3 is 0 Å². The van der Waals surface area contributed by atoms with Gasteiger partial charge in [-0.05, 0) is 43.7 Å². The first-order valence-corrected chi connectivity index (χ1v) is 13.7. The molecule has 0 amide bonds. The molecule has 0 saturated carbocycles. The summed E-state index contributed by atoms with van der Waals surface area (Å²) >= 11 is 6.30. The van der Waals surface area contributed by atoms with E-state index in [0.717, 1.165) is 40.2 Å². The minimum atomic E-state index is -0.421. The maximum atomic E-state index is 12.3. The van der Waals surface area contributed by atoms with Crippen LogP contribution in [0.4, 0.5) is 5.82 Å². The van der Waals surface area contributed by atoms with Gasteiger partial charge < -0.3 is 23.6 Å². The first-order chi connectivity index (χ1) is 19.0. The number of fused-ring (bicyclic) bond motifs is 4. The van der Waals surface area contributed by atoms with Crippen LogP contribution < -0.4 is 9.64 Å². The molecule has 9 nitrogen and oxygen atoms in total. The number of hydrogen-bond donors (Lipinski definition) is 0. The summed E-state index contributed by atoms with van der Waals surface area (Å²) in [4.78, 5) is 28.5. The molecule has 4 atom stereocenters. The number of para-hydroxylation sites is 1. The lowest BCUT2D eigenvalue weighted by Gasteiger charge is -2.31. The SMILES string of the molecule is Cc1nc(N2C[C@@H](Oc3nc4cc(Cl)ccc4n3[C@@H]3CCOCC3C)C[C@H]2C=O)c2oc3ccccc3c2n1. The standard InChI is InChI=1S/C29H28ClN5O4/c1-16-15-37-10-9-23(16)35-24-8-7-18(30)11-22(24)33-29(35)38-20-12-19(14-36)34(13-20)28-27-26(31-17(2)32-28)21-5-3-4-6-25(21)39-27/h3-8,11,14,16,19-20,23H,9-10,12-13,15H2,1-2H3/t16?,19-,20-,23+/m0/s1. The van der Waals surface area contributed by atoms with E-state index in [4.69, 9.17) is 35.5 Å². The van der Waals surface area contributed by atoms with Crippen molar-refractivity contribution in [3.05, 3.63) is 53.3 Å². The van der Waals surface area contributed by atoms with E-state index in [9.17, 15) is 4.79 Å². The second kappa shape index (κ2) is 9.50. The van der Waals surface area contributed by atoms with Crippen LogP contribution in [0.5, 0.6) is 6.01 Å². The third-order valence-electron chi connectivity index (χ3n) is 7.87. The summed E-state index contributed by atoms with van der Waals surface area (Å²) in [5.74, 6) is 1.52. The molecule has 200 valence electrons. The van der Waals surface area contributed by atoms with E-state index in [1.165, 1.54) is 0 Å². The number of imidazole rings is 1. The number of anilines is 1. The summed E-state index contributed by atoms with van der Waals surface area (Å²) in [5, 5.41) is 1.55. The van der Waals surface area contributed by atoms with Crippen molar-refractivity contribution in [2.45, 2.75) is 44.9 Å². The predicted octanol–water partition coefficient (Wildman–Crippen LogP) is 5.51. The summed E-state index contributed by atoms with van der Waals surface area (Å²) in [7, 11) is 0. The van der Waals surface area contributed by atoms with Gasteiger partial charge in [-0.15, -0.1) is 0 Å². The van der Waals surface area contributed by atoms with Crippen LogP contribution in [-0.4, -0.2) is 57.7 Å². The summed E-state index contributed by atoms with van der Waals surface area (Å²) < 4.78 is 20.7. The van der Waals surface area contributed by atoms with Gasteiger partial charge in [-0.25, -0.2) is 9.97 Å². The fraction of sp³-hybridized carbons (Fsp3) is 0.379. The Morgan fingerprint density at radius 3 is 2.87 bits per heavy atom. The molecule has 0 radical (unpaired) electrons. The summed E-state index contributed by atoms with van der Waals surface area (Å²) in [6, 6.07) is 13.8. The predicted molar refractivity (Wildman–Crippen MR) is 149 cm³/mol. The normalized spacial score (nSPS) is 23.7. The number of ether oxygens (including phenoxy) is 2. The highest BCUT2D eigenvalue weighted by Crippen LogP contribution is 2.39. The fourth-order valence-corrected chi connectivity index (χ4v) is 6.19. The van der Waals surface area contributed by atoms with Gasteiger partial charge in [0.15, 0.2) is 11.4 Å². The summed E-state index contributed by atoms with van der Waals surface area (Å²) in [5.41, 5.74) is 3.82. The Hall–Kier alpha value is -3.69. The summed E-state index contributed by atoms with van der Waals surface area (Å²) in [6.45, 7) is 5.87. The van der Waals surface area contributed by atoms with Crippen molar-refractivity contribution >= 4 is 56.8 Å². The van der Waals surface area contributed by atoms with Crippen LogP contribution in [0.2, 0.25) is 5.02 Å².